The highest BCUT2D eigenvalue weighted by molar-refractivity contribution is 7.24. The Balaban J connectivity index is 0.000000199. The van der Waals surface area contributed by atoms with Crippen LogP contribution in [0.2, 0.25) is 0 Å². The summed E-state index contributed by atoms with van der Waals surface area (Å²) in [5.74, 6) is -0.853. The molecule has 0 aliphatic carbocycles. The van der Waals surface area contributed by atoms with E-state index in [1.807, 2.05) is 54.6 Å². The van der Waals surface area contributed by atoms with Crippen LogP contribution >= 0.6 is 11.3 Å². The molecule has 0 unspecified atom stereocenters. The number of carboxylic acid groups (broad SMARTS) is 1. The van der Waals surface area contributed by atoms with Gasteiger partial charge < -0.3 is 10.4 Å². The second-order valence-electron chi connectivity index (χ2n) is 6.88. The van der Waals surface area contributed by atoms with Crippen molar-refractivity contribution < 1.29 is 9.90 Å². The summed E-state index contributed by atoms with van der Waals surface area (Å²) in [4.78, 5) is 22.7. The van der Waals surface area contributed by atoms with Crippen LogP contribution < -0.4 is 10.7 Å². The second-order valence-corrected chi connectivity index (χ2v) is 7.93. The average Bonchev–Trinajstić information content (AvgIpc) is 2.78. The fraction of sp³-hybridized carbons (Fsp3) is 0.200. The van der Waals surface area contributed by atoms with Gasteiger partial charge in [0.25, 0.3) is 0 Å². The molecule has 0 radical (unpaired) electrons. The number of aryl methyl sites for hydroxylation is 2. The van der Waals surface area contributed by atoms with Gasteiger partial charge in [0.15, 0.2) is 5.43 Å². The summed E-state index contributed by atoms with van der Waals surface area (Å²) in [7, 11) is 0. The van der Waals surface area contributed by atoms with Crippen molar-refractivity contribution in [1.29, 1.82) is 0 Å². The van der Waals surface area contributed by atoms with Gasteiger partial charge in [-0.1, -0.05) is 50.2 Å². The minimum Gasteiger partial charge on any atom is -0.480 e. The molecule has 2 N–H and O–H groups in total. The van der Waals surface area contributed by atoms with E-state index in [1.54, 1.807) is 11.3 Å². The lowest BCUT2D eigenvalue weighted by Crippen LogP contribution is -2.11. The van der Waals surface area contributed by atoms with Gasteiger partial charge in [-0.3, -0.25) is 9.59 Å². The standard InChI is InChI=1S/C17H16OS.C8H9NO2/c1-3-11-9-12(4-2)17-14(10-11)16(18)13-7-5-6-8-15(13)19-17;10-8(11)6-9-7-4-2-1-3-5-7/h5-10H,3-4H2,1-2H3;1-5,9H,6H2,(H,10,11). The quantitative estimate of drug-likeness (QED) is 0.406. The maximum atomic E-state index is 12.6. The van der Waals surface area contributed by atoms with Gasteiger partial charge in [-0.25, -0.2) is 0 Å². The number of fused-ring (bicyclic) bond motifs is 2. The fourth-order valence-corrected chi connectivity index (χ4v) is 4.48. The first-order chi connectivity index (χ1) is 14.5. The molecule has 4 nitrogen and oxygen atoms in total. The van der Waals surface area contributed by atoms with Gasteiger partial charge in [-0.2, -0.15) is 0 Å². The number of nitrogens with one attached hydrogen (secondary N) is 1. The summed E-state index contributed by atoms with van der Waals surface area (Å²) in [5.41, 5.74) is 3.55. The molecular formula is C25H25NO3S. The van der Waals surface area contributed by atoms with Crippen molar-refractivity contribution in [3.05, 3.63) is 88.1 Å². The zero-order valence-electron chi connectivity index (χ0n) is 17.1. The zero-order valence-corrected chi connectivity index (χ0v) is 18.0. The number of hydrogen-bond donors (Lipinski definition) is 2. The lowest BCUT2D eigenvalue weighted by molar-refractivity contribution is -0.134. The van der Waals surface area contributed by atoms with Crippen molar-refractivity contribution in [2.24, 2.45) is 0 Å². The van der Waals surface area contributed by atoms with Gasteiger partial charge in [-0.05, 0) is 54.3 Å². The predicted molar refractivity (Wildman–Crippen MR) is 127 cm³/mol. The van der Waals surface area contributed by atoms with E-state index in [9.17, 15) is 9.59 Å². The smallest absolute Gasteiger partial charge is 0.322 e. The van der Waals surface area contributed by atoms with Crippen molar-refractivity contribution in [2.45, 2.75) is 26.7 Å². The first-order valence-corrected chi connectivity index (χ1v) is 10.8. The third-order valence-electron chi connectivity index (χ3n) is 4.82. The molecule has 1 aromatic heterocycles. The molecule has 0 saturated carbocycles. The second kappa shape index (κ2) is 10.0. The summed E-state index contributed by atoms with van der Waals surface area (Å²) in [5, 5.41) is 12.8. The van der Waals surface area contributed by atoms with E-state index in [0.29, 0.717) is 0 Å². The lowest BCUT2D eigenvalue weighted by Gasteiger charge is -2.08. The molecule has 0 amide bonds. The van der Waals surface area contributed by atoms with Gasteiger partial charge >= 0.3 is 5.97 Å². The molecule has 30 heavy (non-hydrogen) atoms. The van der Waals surface area contributed by atoms with Crippen LogP contribution in [-0.2, 0) is 17.6 Å². The highest BCUT2D eigenvalue weighted by Gasteiger charge is 2.09. The van der Waals surface area contributed by atoms with Gasteiger partial charge in [0, 0.05) is 25.9 Å². The normalized spacial score (nSPS) is 10.5. The minimum atomic E-state index is -0.853. The Morgan fingerprint density at radius 3 is 2.30 bits per heavy atom. The van der Waals surface area contributed by atoms with Crippen LogP contribution in [-0.4, -0.2) is 17.6 Å². The molecular weight excluding hydrogens is 394 g/mol. The topological polar surface area (TPSA) is 66.4 Å². The Labute approximate surface area is 179 Å². The molecule has 154 valence electrons. The van der Waals surface area contributed by atoms with E-state index in [1.165, 1.54) is 11.1 Å². The maximum absolute atomic E-state index is 12.6. The molecule has 0 atom stereocenters. The fourth-order valence-electron chi connectivity index (χ4n) is 3.24. The minimum absolute atomic E-state index is 0.0377. The van der Waals surface area contributed by atoms with Crippen LogP contribution in [0, 0.1) is 0 Å². The zero-order chi connectivity index (χ0) is 21.5. The van der Waals surface area contributed by atoms with Crippen molar-refractivity contribution in [3.63, 3.8) is 0 Å². The van der Waals surface area contributed by atoms with Crippen LogP contribution in [0.3, 0.4) is 0 Å². The number of carboxylic acids is 1. The average molecular weight is 420 g/mol. The monoisotopic (exact) mass is 419 g/mol. The summed E-state index contributed by atoms with van der Waals surface area (Å²) in [6.45, 7) is 4.25. The maximum Gasteiger partial charge on any atom is 0.322 e. The Kier molecular flexibility index (Phi) is 7.20. The Morgan fingerprint density at radius 1 is 0.933 bits per heavy atom. The SMILES string of the molecule is CCc1cc(CC)c2sc3ccccc3c(=O)c2c1.O=C(O)CNc1ccccc1. The number of aliphatic carboxylic acids is 1. The van der Waals surface area contributed by atoms with E-state index >= 15 is 0 Å². The van der Waals surface area contributed by atoms with Crippen molar-refractivity contribution in [2.75, 3.05) is 11.9 Å². The predicted octanol–water partition coefficient (Wildman–Crippen LogP) is 5.72. The van der Waals surface area contributed by atoms with Gasteiger partial charge in [0.1, 0.15) is 6.54 Å². The van der Waals surface area contributed by atoms with Gasteiger partial charge in [0.05, 0.1) is 0 Å². The molecule has 4 aromatic rings. The first kappa shape index (κ1) is 21.5. The number of anilines is 1. The number of benzene rings is 3. The molecule has 0 spiro atoms. The van der Waals surface area contributed by atoms with Crippen LogP contribution in [0.4, 0.5) is 5.69 Å². The van der Waals surface area contributed by atoms with Crippen LogP contribution in [0.25, 0.3) is 20.2 Å². The van der Waals surface area contributed by atoms with E-state index in [4.69, 9.17) is 5.11 Å². The number of carbonyl (C=O) groups is 1. The number of para-hydroxylation sites is 1. The van der Waals surface area contributed by atoms with Crippen LogP contribution in [0.5, 0.6) is 0 Å². The summed E-state index contributed by atoms with van der Waals surface area (Å²) in [6, 6.07) is 21.4. The highest BCUT2D eigenvalue weighted by Crippen LogP contribution is 2.29. The lowest BCUT2D eigenvalue weighted by atomic mass is 10.0. The summed E-state index contributed by atoms with van der Waals surface area (Å²) >= 11 is 1.74. The van der Waals surface area contributed by atoms with E-state index in [2.05, 4.69) is 31.3 Å². The molecule has 0 fully saturated rings. The largest absolute Gasteiger partial charge is 0.480 e. The molecule has 0 aliphatic heterocycles. The molecule has 5 heteroatoms. The van der Waals surface area contributed by atoms with Crippen molar-refractivity contribution >= 4 is 43.2 Å². The highest BCUT2D eigenvalue weighted by atomic mass is 32.1. The molecule has 0 bridgehead atoms. The first-order valence-electron chi connectivity index (χ1n) is 10.0. The molecule has 0 aliphatic rings. The van der Waals surface area contributed by atoms with E-state index in [-0.39, 0.29) is 12.0 Å². The van der Waals surface area contributed by atoms with E-state index in [0.717, 1.165) is 38.7 Å². The Bertz CT molecular complexity index is 1220. The van der Waals surface area contributed by atoms with Crippen LogP contribution in [0.1, 0.15) is 25.0 Å². The summed E-state index contributed by atoms with van der Waals surface area (Å²) < 4.78 is 2.24. The molecule has 4 rings (SSSR count). The van der Waals surface area contributed by atoms with Crippen molar-refractivity contribution in [1.82, 2.24) is 0 Å². The summed E-state index contributed by atoms with van der Waals surface area (Å²) in [6.07, 6.45) is 1.94. The van der Waals surface area contributed by atoms with E-state index < -0.39 is 5.97 Å². The number of rotatable bonds is 5. The Morgan fingerprint density at radius 2 is 1.63 bits per heavy atom. The van der Waals surface area contributed by atoms with Gasteiger partial charge in [0.2, 0.25) is 0 Å². The van der Waals surface area contributed by atoms with Gasteiger partial charge in [-0.15, -0.1) is 11.3 Å². The van der Waals surface area contributed by atoms with Crippen molar-refractivity contribution in [3.8, 4) is 0 Å². The Hall–Kier alpha value is -3.18. The molecule has 0 saturated heterocycles. The number of hydrogen-bond acceptors (Lipinski definition) is 4. The third kappa shape index (κ3) is 5.05. The molecule has 3 aromatic carbocycles. The third-order valence-corrected chi connectivity index (χ3v) is 6.08. The molecule has 1 heterocycles. The van der Waals surface area contributed by atoms with Crippen LogP contribution in [0.15, 0.2) is 71.5 Å².